The largest absolute Gasteiger partial charge is 0.433 e. The molecule has 0 fully saturated rings. The summed E-state index contributed by atoms with van der Waals surface area (Å²) in [6.07, 6.45) is -4.74. The molecule has 1 N–H and O–H groups in total. The van der Waals surface area contributed by atoms with Crippen molar-refractivity contribution in [2.75, 3.05) is 5.32 Å². The fourth-order valence-electron chi connectivity index (χ4n) is 2.62. The first-order chi connectivity index (χ1) is 13.8. The molecule has 2 heterocycles. The lowest BCUT2D eigenvalue weighted by atomic mass is 9.91. The summed E-state index contributed by atoms with van der Waals surface area (Å²) < 4.78 is 41.2. The van der Waals surface area contributed by atoms with E-state index in [4.69, 9.17) is 11.6 Å². The molecule has 1 amide bonds. The fourth-order valence-corrected chi connectivity index (χ4v) is 2.79. The molecule has 0 saturated heterocycles. The van der Waals surface area contributed by atoms with E-state index >= 15 is 0 Å². The molecule has 0 aliphatic carbocycles. The molecule has 3 aromatic rings. The number of aromatic nitrogens is 3. The number of amides is 1. The Kier molecular flexibility index (Phi) is 5.19. The minimum atomic E-state index is -4.74. The lowest BCUT2D eigenvalue weighted by Crippen LogP contribution is -2.20. The van der Waals surface area contributed by atoms with Gasteiger partial charge < -0.3 is 5.32 Å². The van der Waals surface area contributed by atoms with Gasteiger partial charge in [-0.25, -0.2) is 9.50 Å². The van der Waals surface area contributed by atoms with E-state index in [1.165, 1.54) is 12.1 Å². The smallest absolute Gasteiger partial charge is 0.315 e. The zero-order valence-electron chi connectivity index (χ0n) is 15.9. The van der Waals surface area contributed by atoms with E-state index in [9.17, 15) is 28.1 Å². The Labute approximate surface area is 172 Å². The number of nitrogens with one attached hydrogen (secondary N) is 1. The van der Waals surface area contributed by atoms with Gasteiger partial charge in [0.15, 0.2) is 11.3 Å². The Bertz CT molecular complexity index is 1170. The number of nitro groups is 1. The van der Waals surface area contributed by atoms with E-state index in [0.717, 1.165) is 18.2 Å². The number of anilines is 1. The number of carbonyl (C=O) groups is 1. The summed E-state index contributed by atoms with van der Waals surface area (Å²) in [7, 11) is 0. The molecular formula is C18H15ClF3N5O3. The Balaban J connectivity index is 2.08. The Hall–Kier alpha value is -3.21. The third kappa shape index (κ3) is 4.20. The molecule has 12 heteroatoms. The summed E-state index contributed by atoms with van der Waals surface area (Å²) in [5.74, 6) is -0.934. The molecule has 30 heavy (non-hydrogen) atoms. The monoisotopic (exact) mass is 441 g/mol. The highest BCUT2D eigenvalue weighted by molar-refractivity contribution is 6.31. The van der Waals surface area contributed by atoms with Crippen LogP contribution < -0.4 is 5.32 Å². The van der Waals surface area contributed by atoms with Crippen LogP contribution in [0.3, 0.4) is 0 Å². The minimum Gasteiger partial charge on any atom is -0.315 e. The Morgan fingerprint density at radius 2 is 1.87 bits per heavy atom. The molecule has 0 aliphatic heterocycles. The van der Waals surface area contributed by atoms with Gasteiger partial charge in [-0.15, -0.1) is 0 Å². The third-order valence-corrected chi connectivity index (χ3v) is 4.36. The first-order valence-electron chi connectivity index (χ1n) is 8.51. The second kappa shape index (κ2) is 7.24. The zero-order chi connectivity index (χ0) is 22.4. The number of hydrogen-bond donors (Lipinski definition) is 1. The molecule has 158 valence electrons. The van der Waals surface area contributed by atoms with Gasteiger partial charge in [-0.2, -0.15) is 18.3 Å². The van der Waals surface area contributed by atoms with Crippen molar-refractivity contribution in [3.8, 4) is 0 Å². The predicted octanol–water partition coefficient (Wildman–Crippen LogP) is 4.86. The van der Waals surface area contributed by atoms with Crippen molar-refractivity contribution in [3.63, 3.8) is 0 Å². The molecule has 0 bridgehead atoms. The van der Waals surface area contributed by atoms with Gasteiger partial charge in [-0.05, 0) is 18.2 Å². The van der Waals surface area contributed by atoms with Crippen LogP contribution in [-0.2, 0) is 11.6 Å². The van der Waals surface area contributed by atoms with Crippen molar-refractivity contribution >= 4 is 34.5 Å². The number of halogens is 4. The van der Waals surface area contributed by atoms with Crippen LogP contribution in [0.25, 0.3) is 5.65 Å². The van der Waals surface area contributed by atoms with E-state index in [2.05, 4.69) is 15.4 Å². The highest BCUT2D eigenvalue weighted by atomic mass is 35.5. The van der Waals surface area contributed by atoms with Crippen molar-refractivity contribution in [1.29, 1.82) is 0 Å². The van der Waals surface area contributed by atoms with Crippen molar-refractivity contribution in [2.45, 2.75) is 32.4 Å². The average Bonchev–Trinajstić information content (AvgIpc) is 3.04. The predicted molar refractivity (Wildman–Crippen MR) is 103 cm³/mol. The number of rotatable bonds is 3. The first-order valence-corrected chi connectivity index (χ1v) is 8.89. The van der Waals surface area contributed by atoms with Crippen molar-refractivity contribution in [2.24, 2.45) is 0 Å². The van der Waals surface area contributed by atoms with Crippen LogP contribution in [0.15, 0.2) is 30.3 Å². The van der Waals surface area contributed by atoms with Gasteiger partial charge >= 0.3 is 6.18 Å². The Morgan fingerprint density at radius 3 is 2.43 bits per heavy atom. The lowest BCUT2D eigenvalue weighted by Gasteiger charge is -2.19. The van der Waals surface area contributed by atoms with Crippen molar-refractivity contribution < 1.29 is 22.9 Å². The van der Waals surface area contributed by atoms with E-state index in [1.807, 2.05) is 0 Å². The highest BCUT2D eigenvalue weighted by Gasteiger charge is 2.36. The quantitative estimate of drug-likeness (QED) is 0.462. The lowest BCUT2D eigenvalue weighted by molar-refractivity contribution is -0.383. The van der Waals surface area contributed by atoms with Crippen LogP contribution in [-0.4, -0.2) is 25.4 Å². The van der Waals surface area contributed by atoms with Gasteiger partial charge in [0.25, 0.3) is 11.6 Å². The van der Waals surface area contributed by atoms with Crippen molar-refractivity contribution in [1.82, 2.24) is 14.6 Å². The maximum absolute atomic E-state index is 13.5. The van der Waals surface area contributed by atoms with Crippen LogP contribution in [0.4, 0.5) is 24.5 Å². The van der Waals surface area contributed by atoms with Gasteiger partial charge in [0.1, 0.15) is 11.4 Å². The van der Waals surface area contributed by atoms with Crippen LogP contribution in [0.5, 0.6) is 0 Å². The number of alkyl halides is 3. The molecular weight excluding hydrogens is 427 g/mol. The molecule has 3 rings (SSSR count). The van der Waals surface area contributed by atoms with E-state index in [0.29, 0.717) is 4.52 Å². The van der Waals surface area contributed by atoms with Crippen LogP contribution in [0.2, 0.25) is 5.02 Å². The zero-order valence-corrected chi connectivity index (χ0v) is 16.7. The van der Waals surface area contributed by atoms with Gasteiger partial charge in [0.2, 0.25) is 0 Å². The SMILES string of the molecule is CC(C)(C)c1cc(C(F)(F)F)n2nc(C(=O)Nc3ccc(Cl)cc3[N+](=O)[O-])cc2n1. The molecule has 2 aromatic heterocycles. The minimum absolute atomic E-state index is 0.0844. The average molecular weight is 442 g/mol. The van der Waals surface area contributed by atoms with Gasteiger partial charge in [0.05, 0.1) is 10.6 Å². The molecule has 1 aromatic carbocycles. The Morgan fingerprint density at radius 1 is 1.20 bits per heavy atom. The number of carbonyl (C=O) groups excluding carboxylic acids is 1. The second-order valence-electron chi connectivity index (χ2n) is 7.45. The number of nitrogens with zero attached hydrogens (tertiary/aromatic N) is 4. The normalized spacial score (nSPS) is 12.2. The standard InChI is InChI=1S/C18H15ClF3N5O3/c1-17(2,3)13-8-14(18(20,21)22)26-15(24-13)7-11(25-26)16(28)23-10-5-4-9(19)6-12(10)27(29)30/h4-8H,1-3H3,(H,23,28). The number of fused-ring (bicyclic) bond motifs is 1. The second-order valence-corrected chi connectivity index (χ2v) is 7.88. The van der Waals surface area contributed by atoms with Crippen molar-refractivity contribution in [3.05, 3.63) is 62.6 Å². The maximum Gasteiger partial charge on any atom is 0.433 e. The summed E-state index contributed by atoms with van der Waals surface area (Å²) >= 11 is 5.73. The number of hydrogen-bond acceptors (Lipinski definition) is 5. The topological polar surface area (TPSA) is 102 Å². The maximum atomic E-state index is 13.5. The number of benzene rings is 1. The van der Waals surface area contributed by atoms with Gasteiger partial charge in [-0.3, -0.25) is 14.9 Å². The molecule has 8 nitrogen and oxygen atoms in total. The molecule has 0 spiro atoms. The van der Waals surface area contributed by atoms with Crippen LogP contribution in [0, 0.1) is 10.1 Å². The summed E-state index contributed by atoms with van der Waals surface area (Å²) in [4.78, 5) is 27.1. The van der Waals surface area contributed by atoms with Gasteiger partial charge in [0, 0.05) is 22.6 Å². The summed E-state index contributed by atoms with van der Waals surface area (Å²) in [5.41, 5.74) is -2.81. The van der Waals surface area contributed by atoms with Crippen LogP contribution in [0.1, 0.15) is 42.6 Å². The third-order valence-electron chi connectivity index (χ3n) is 4.12. The fraction of sp³-hybridized carbons (Fsp3) is 0.278. The molecule has 0 atom stereocenters. The molecule has 0 saturated carbocycles. The summed E-state index contributed by atoms with van der Waals surface area (Å²) in [5, 5.41) is 17.2. The molecule has 0 radical (unpaired) electrons. The number of nitro benzene ring substituents is 1. The highest BCUT2D eigenvalue weighted by Crippen LogP contribution is 2.33. The summed E-state index contributed by atoms with van der Waals surface area (Å²) in [6, 6.07) is 5.55. The molecule has 0 aliphatic rings. The van der Waals surface area contributed by atoms with E-state index < -0.39 is 33.8 Å². The first kappa shape index (κ1) is 21.5. The van der Waals surface area contributed by atoms with E-state index in [1.54, 1.807) is 20.8 Å². The van der Waals surface area contributed by atoms with Crippen LogP contribution >= 0.6 is 11.6 Å². The van der Waals surface area contributed by atoms with Gasteiger partial charge in [-0.1, -0.05) is 32.4 Å². The summed E-state index contributed by atoms with van der Waals surface area (Å²) in [6.45, 7) is 5.11. The van der Waals surface area contributed by atoms with E-state index in [-0.39, 0.29) is 27.7 Å². The molecule has 0 unspecified atom stereocenters.